The molecule has 0 radical (unpaired) electrons. The largest absolute Gasteiger partial charge is 0.331 e. The molecule has 5 heteroatoms. The molecule has 0 spiro atoms. The zero-order valence-electron chi connectivity index (χ0n) is 11.2. The molecular formula is C16H14FN3S. The average molecular weight is 299 g/mol. The van der Waals surface area contributed by atoms with Crippen LogP contribution in [-0.2, 0) is 0 Å². The fraction of sp³-hybridized carbons (Fsp3) is 0.125. The van der Waals surface area contributed by atoms with E-state index in [-0.39, 0.29) is 11.9 Å². The van der Waals surface area contributed by atoms with Gasteiger partial charge in [-0.25, -0.2) is 9.40 Å². The van der Waals surface area contributed by atoms with E-state index in [1.807, 2.05) is 24.4 Å². The van der Waals surface area contributed by atoms with Gasteiger partial charge in [0.05, 0.1) is 6.04 Å². The molecule has 0 aromatic heterocycles. The molecule has 0 aliphatic carbocycles. The molecule has 1 aliphatic heterocycles. The number of nitrogens with zero attached hydrogens (tertiary/aromatic N) is 2. The van der Waals surface area contributed by atoms with Crippen molar-refractivity contribution in [3.8, 4) is 0 Å². The standard InChI is InChI=1S/C16H14FN3S/c17-13-6-8-14(9-7-13)19-16(21)20-15(10-11-18-20)12-4-2-1-3-5-12/h1-9,11,15H,10H2,(H,19,21)/t15-/m1/s1. The van der Waals surface area contributed by atoms with Crippen LogP contribution in [0.3, 0.4) is 0 Å². The molecule has 1 atom stereocenters. The van der Waals surface area contributed by atoms with Crippen LogP contribution in [0.5, 0.6) is 0 Å². The van der Waals surface area contributed by atoms with Crippen molar-refractivity contribution in [3.05, 3.63) is 66.0 Å². The molecule has 21 heavy (non-hydrogen) atoms. The number of hydrogen-bond acceptors (Lipinski definition) is 2. The van der Waals surface area contributed by atoms with E-state index in [4.69, 9.17) is 12.2 Å². The molecule has 1 N–H and O–H groups in total. The third kappa shape index (κ3) is 3.08. The van der Waals surface area contributed by atoms with Crippen molar-refractivity contribution < 1.29 is 4.39 Å². The van der Waals surface area contributed by atoms with Crippen LogP contribution in [0.4, 0.5) is 10.1 Å². The topological polar surface area (TPSA) is 27.6 Å². The first kappa shape index (κ1) is 13.7. The van der Waals surface area contributed by atoms with Gasteiger partial charge < -0.3 is 5.32 Å². The maximum atomic E-state index is 12.9. The van der Waals surface area contributed by atoms with Crippen molar-refractivity contribution >= 4 is 29.2 Å². The van der Waals surface area contributed by atoms with Gasteiger partial charge in [-0.3, -0.25) is 0 Å². The van der Waals surface area contributed by atoms with E-state index in [9.17, 15) is 4.39 Å². The third-order valence-corrected chi connectivity index (χ3v) is 3.61. The number of nitrogens with one attached hydrogen (secondary N) is 1. The van der Waals surface area contributed by atoms with Gasteiger partial charge in [-0.1, -0.05) is 30.3 Å². The van der Waals surface area contributed by atoms with Crippen molar-refractivity contribution in [2.75, 3.05) is 5.32 Å². The molecule has 3 rings (SSSR count). The predicted octanol–water partition coefficient (Wildman–Crippen LogP) is 3.96. The summed E-state index contributed by atoms with van der Waals surface area (Å²) in [5, 5.41) is 9.72. The first-order chi connectivity index (χ1) is 10.2. The van der Waals surface area contributed by atoms with E-state index in [0.717, 1.165) is 12.1 Å². The lowest BCUT2D eigenvalue weighted by Crippen LogP contribution is -2.31. The normalized spacial score (nSPS) is 17.0. The fourth-order valence-corrected chi connectivity index (χ4v) is 2.57. The lowest BCUT2D eigenvalue weighted by atomic mass is 10.1. The van der Waals surface area contributed by atoms with Crippen LogP contribution in [0.2, 0.25) is 0 Å². The minimum atomic E-state index is -0.271. The highest BCUT2D eigenvalue weighted by atomic mass is 32.1. The van der Waals surface area contributed by atoms with Crippen molar-refractivity contribution in [2.24, 2.45) is 5.10 Å². The predicted molar refractivity (Wildman–Crippen MR) is 86.8 cm³/mol. The summed E-state index contributed by atoms with van der Waals surface area (Å²) in [5.74, 6) is -0.271. The van der Waals surface area contributed by atoms with E-state index >= 15 is 0 Å². The summed E-state index contributed by atoms with van der Waals surface area (Å²) in [6.45, 7) is 0. The number of rotatable bonds is 2. The molecule has 0 saturated carbocycles. The monoisotopic (exact) mass is 299 g/mol. The highest BCUT2D eigenvalue weighted by Gasteiger charge is 2.25. The smallest absolute Gasteiger partial charge is 0.194 e. The number of halogens is 1. The van der Waals surface area contributed by atoms with Crippen LogP contribution in [0.1, 0.15) is 18.0 Å². The molecule has 3 nitrogen and oxygen atoms in total. The summed E-state index contributed by atoms with van der Waals surface area (Å²) in [6, 6.07) is 16.3. The number of benzene rings is 2. The highest BCUT2D eigenvalue weighted by Crippen LogP contribution is 2.28. The number of hydrazone groups is 1. The van der Waals surface area contributed by atoms with Gasteiger partial charge >= 0.3 is 0 Å². The molecule has 2 aromatic rings. The Morgan fingerprint density at radius 1 is 1.14 bits per heavy atom. The van der Waals surface area contributed by atoms with Gasteiger partial charge in [-0.15, -0.1) is 0 Å². The van der Waals surface area contributed by atoms with E-state index in [0.29, 0.717) is 5.11 Å². The van der Waals surface area contributed by atoms with Gasteiger partial charge in [0.2, 0.25) is 0 Å². The third-order valence-electron chi connectivity index (χ3n) is 3.32. The fourth-order valence-electron chi connectivity index (χ4n) is 2.28. The van der Waals surface area contributed by atoms with Crippen LogP contribution >= 0.6 is 12.2 Å². The van der Waals surface area contributed by atoms with E-state index in [1.165, 1.54) is 17.7 Å². The zero-order valence-corrected chi connectivity index (χ0v) is 12.1. The maximum absolute atomic E-state index is 12.9. The molecule has 1 aliphatic rings. The maximum Gasteiger partial charge on any atom is 0.194 e. The molecular weight excluding hydrogens is 285 g/mol. The van der Waals surface area contributed by atoms with Crippen molar-refractivity contribution in [3.63, 3.8) is 0 Å². The summed E-state index contributed by atoms with van der Waals surface area (Å²) >= 11 is 5.41. The average Bonchev–Trinajstić information content (AvgIpc) is 3.00. The summed E-state index contributed by atoms with van der Waals surface area (Å²) in [7, 11) is 0. The van der Waals surface area contributed by atoms with E-state index in [1.54, 1.807) is 17.1 Å². The minimum absolute atomic E-state index is 0.103. The van der Waals surface area contributed by atoms with Crippen LogP contribution in [-0.4, -0.2) is 16.3 Å². The van der Waals surface area contributed by atoms with Crippen molar-refractivity contribution in [1.29, 1.82) is 0 Å². The Balaban J connectivity index is 1.74. The summed E-state index contributed by atoms with van der Waals surface area (Å²) in [6.07, 6.45) is 2.67. The Morgan fingerprint density at radius 2 is 1.86 bits per heavy atom. The Morgan fingerprint density at radius 3 is 2.57 bits per heavy atom. The molecule has 2 aromatic carbocycles. The lowest BCUT2D eigenvalue weighted by Gasteiger charge is -2.25. The number of thiocarbonyl (C=S) groups is 1. The second-order valence-electron chi connectivity index (χ2n) is 4.74. The van der Waals surface area contributed by atoms with Gasteiger partial charge in [0.1, 0.15) is 5.82 Å². The lowest BCUT2D eigenvalue weighted by molar-refractivity contribution is 0.375. The second kappa shape index (κ2) is 6.01. The van der Waals surface area contributed by atoms with Crippen LogP contribution in [0.15, 0.2) is 59.7 Å². The number of hydrogen-bond donors (Lipinski definition) is 1. The first-order valence-corrected chi connectivity index (χ1v) is 7.08. The SMILES string of the molecule is Fc1ccc(NC(=S)N2N=CC[C@@H]2c2ccccc2)cc1. The van der Waals surface area contributed by atoms with E-state index < -0.39 is 0 Å². The van der Waals surface area contributed by atoms with Gasteiger partial charge in [0, 0.05) is 18.3 Å². The second-order valence-corrected chi connectivity index (χ2v) is 5.13. The molecule has 0 unspecified atom stereocenters. The summed E-state index contributed by atoms with van der Waals surface area (Å²) in [4.78, 5) is 0. The quantitative estimate of drug-likeness (QED) is 0.851. The Kier molecular flexibility index (Phi) is 3.92. The summed E-state index contributed by atoms with van der Waals surface area (Å²) in [5.41, 5.74) is 1.91. The molecule has 1 heterocycles. The van der Waals surface area contributed by atoms with Crippen molar-refractivity contribution in [1.82, 2.24) is 5.01 Å². The van der Waals surface area contributed by atoms with Crippen LogP contribution in [0.25, 0.3) is 0 Å². The Hall–Kier alpha value is -2.27. The molecule has 0 bridgehead atoms. The first-order valence-electron chi connectivity index (χ1n) is 6.67. The Labute approximate surface area is 128 Å². The molecule has 106 valence electrons. The van der Waals surface area contributed by atoms with Gasteiger partial charge in [-0.05, 0) is 42.0 Å². The van der Waals surface area contributed by atoms with E-state index in [2.05, 4.69) is 22.6 Å². The van der Waals surface area contributed by atoms with Crippen LogP contribution in [0, 0.1) is 5.82 Å². The minimum Gasteiger partial charge on any atom is -0.331 e. The molecule has 0 saturated heterocycles. The van der Waals surface area contributed by atoms with Gasteiger partial charge in [0.15, 0.2) is 5.11 Å². The van der Waals surface area contributed by atoms with Crippen molar-refractivity contribution in [2.45, 2.75) is 12.5 Å². The van der Waals surface area contributed by atoms with Crippen LogP contribution < -0.4 is 5.32 Å². The molecule has 0 amide bonds. The highest BCUT2D eigenvalue weighted by molar-refractivity contribution is 7.80. The zero-order chi connectivity index (χ0) is 14.7. The number of anilines is 1. The molecule has 0 fully saturated rings. The van der Waals surface area contributed by atoms with Gasteiger partial charge in [0.25, 0.3) is 0 Å². The summed E-state index contributed by atoms with van der Waals surface area (Å²) < 4.78 is 12.9. The van der Waals surface area contributed by atoms with Gasteiger partial charge in [-0.2, -0.15) is 5.10 Å². The Bertz CT molecular complexity index is 655.